The highest BCUT2D eigenvalue weighted by Gasteiger charge is 2.31. The summed E-state index contributed by atoms with van der Waals surface area (Å²) in [7, 11) is 0. The largest absolute Gasteiger partial charge is 0.333 e. The first-order chi connectivity index (χ1) is 11.5. The van der Waals surface area contributed by atoms with Crippen LogP contribution < -0.4 is 5.32 Å². The number of amides is 2. The van der Waals surface area contributed by atoms with Crippen LogP contribution in [0, 0.1) is 13.8 Å². The highest BCUT2D eigenvalue weighted by atomic mass is 16.2. The van der Waals surface area contributed by atoms with Gasteiger partial charge < -0.3 is 10.2 Å². The number of likely N-dealkylation sites (tertiary alicyclic amines) is 1. The highest BCUT2D eigenvalue weighted by Crippen LogP contribution is 2.28. The third kappa shape index (κ3) is 3.48. The summed E-state index contributed by atoms with van der Waals surface area (Å²) in [6.45, 7) is 4.64. The minimum atomic E-state index is -0.144. The topological polar surface area (TPSA) is 49.4 Å². The Morgan fingerprint density at radius 1 is 1.08 bits per heavy atom. The third-order valence-corrected chi connectivity index (χ3v) is 4.57. The van der Waals surface area contributed by atoms with Gasteiger partial charge in [-0.2, -0.15) is 0 Å². The molecule has 0 radical (unpaired) electrons. The number of carbonyl (C=O) groups excluding carboxylic acids is 2. The van der Waals surface area contributed by atoms with E-state index in [4.69, 9.17) is 0 Å². The smallest absolute Gasteiger partial charge is 0.244 e. The molecule has 3 rings (SSSR count). The van der Waals surface area contributed by atoms with Gasteiger partial charge in [0.25, 0.3) is 0 Å². The maximum Gasteiger partial charge on any atom is 0.244 e. The van der Waals surface area contributed by atoms with Crippen molar-refractivity contribution in [3.05, 3.63) is 65.2 Å². The Bertz CT molecular complexity index is 735. The first kappa shape index (κ1) is 16.2. The minimum Gasteiger partial charge on any atom is -0.333 e. The van der Waals surface area contributed by atoms with E-state index in [1.54, 1.807) is 4.90 Å². The van der Waals surface area contributed by atoms with Crippen LogP contribution in [0.5, 0.6) is 0 Å². The second-order valence-corrected chi connectivity index (χ2v) is 6.40. The molecule has 4 heteroatoms. The summed E-state index contributed by atoms with van der Waals surface area (Å²) >= 11 is 0. The monoisotopic (exact) mass is 322 g/mol. The van der Waals surface area contributed by atoms with Gasteiger partial charge in [-0.25, -0.2) is 0 Å². The van der Waals surface area contributed by atoms with Gasteiger partial charge in [0.15, 0.2) is 0 Å². The van der Waals surface area contributed by atoms with Gasteiger partial charge in [-0.05, 0) is 30.5 Å². The van der Waals surface area contributed by atoms with Crippen molar-refractivity contribution < 1.29 is 9.59 Å². The molecular weight excluding hydrogens is 300 g/mol. The Morgan fingerprint density at radius 3 is 2.42 bits per heavy atom. The number of rotatable bonds is 4. The number of hydrogen-bond donors (Lipinski definition) is 1. The maximum atomic E-state index is 12.4. The number of nitrogens with zero attached hydrogens (tertiary/aromatic N) is 1. The van der Waals surface area contributed by atoms with Gasteiger partial charge in [0.2, 0.25) is 11.8 Å². The molecule has 0 saturated carbocycles. The summed E-state index contributed by atoms with van der Waals surface area (Å²) in [4.78, 5) is 26.2. The molecule has 2 aromatic rings. The lowest BCUT2D eigenvalue weighted by molar-refractivity contribution is -0.131. The minimum absolute atomic E-state index is 0.0421. The van der Waals surface area contributed by atoms with Crippen LogP contribution in [0.25, 0.3) is 0 Å². The van der Waals surface area contributed by atoms with Crippen LogP contribution in [-0.2, 0) is 9.59 Å². The molecule has 0 aliphatic carbocycles. The van der Waals surface area contributed by atoms with Gasteiger partial charge in [-0.15, -0.1) is 0 Å². The quantitative estimate of drug-likeness (QED) is 0.939. The normalized spacial score (nSPS) is 17.2. The molecule has 1 N–H and O–H groups in total. The Balaban J connectivity index is 1.64. The number of nitrogens with one attached hydrogen (secondary N) is 1. The van der Waals surface area contributed by atoms with E-state index in [0.717, 1.165) is 22.4 Å². The van der Waals surface area contributed by atoms with Crippen molar-refractivity contribution in [3.8, 4) is 0 Å². The molecule has 2 aromatic carbocycles. The van der Waals surface area contributed by atoms with Crippen LogP contribution in [-0.4, -0.2) is 29.8 Å². The number of para-hydroxylation sites is 1. The van der Waals surface area contributed by atoms with Crippen molar-refractivity contribution in [1.29, 1.82) is 0 Å². The predicted octanol–water partition coefficient (Wildman–Crippen LogP) is 3.26. The Hall–Kier alpha value is -2.62. The van der Waals surface area contributed by atoms with Crippen molar-refractivity contribution in [2.75, 3.05) is 18.4 Å². The van der Waals surface area contributed by atoms with Crippen LogP contribution in [0.4, 0.5) is 5.69 Å². The van der Waals surface area contributed by atoms with Crippen molar-refractivity contribution >= 4 is 17.5 Å². The zero-order valence-electron chi connectivity index (χ0n) is 14.1. The Morgan fingerprint density at radius 2 is 1.75 bits per heavy atom. The molecule has 124 valence electrons. The number of benzene rings is 2. The maximum absolute atomic E-state index is 12.4. The Kier molecular flexibility index (Phi) is 4.65. The molecule has 1 heterocycles. The molecular formula is C20H22N2O2. The predicted molar refractivity (Wildman–Crippen MR) is 94.9 cm³/mol. The molecule has 1 aliphatic heterocycles. The Labute approximate surface area is 142 Å². The van der Waals surface area contributed by atoms with Gasteiger partial charge in [0.05, 0.1) is 6.54 Å². The first-order valence-electron chi connectivity index (χ1n) is 8.23. The van der Waals surface area contributed by atoms with Crippen LogP contribution >= 0.6 is 0 Å². The zero-order chi connectivity index (χ0) is 17.1. The molecule has 0 aromatic heterocycles. The van der Waals surface area contributed by atoms with Crippen molar-refractivity contribution in [1.82, 2.24) is 4.90 Å². The lowest BCUT2D eigenvalue weighted by Gasteiger charge is -2.18. The van der Waals surface area contributed by atoms with E-state index < -0.39 is 0 Å². The third-order valence-electron chi connectivity index (χ3n) is 4.57. The second kappa shape index (κ2) is 6.87. The molecule has 1 atom stereocenters. The average molecular weight is 322 g/mol. The van der Waals surface area contributed by atoms with Crippen LogP contribution in [0.15, 0.2) is 48.5 Å². The van der Waals surface area contributed by atoms with E-state index in [0.29, 0.717) is 13.0 Å². The molecule has 1 unspecified atom stereocenters. The molecule has 1 aliphatic rings. The summed E-state index contributed by atoms with van der Waals surface area (Å²) in [6.07, 6.45) is 0.473. The van der Waals surface area contributed by atoms with E-state index in [-0.39, 0.29) is 24.3 Å². The van der Waals surface area contributed by atoms with Crippen molar-refractivity contribution in [2.45, 2.75) is 26.2 Å². The molecule has 24 heavy (non-hydrogen) atoms. The SMILES string of the molecule is Cc1cccc(C)c1NC(=O)CN1CC(c2ccccc2)CC1=O. The fraction of sp³-hybridized carbons (Fsp3) is 0.300. The number of hydrogen-bond acceptors (Lipinski definition) is 2. The summed E-state index contributed by atoms with van der Waals surface area (Å²) in [5.41, 5.74) is 4.05. The van der Waals surface area contributed by atoms with E-state index >= 15 is 0 Å². The van der Waals surface area contributed by atoms with Crippen LogP contribution in [0.2, 0.25) is 0 Å². The summed E-state index contributed by atoms with van der Waals surface area (Å²) in [6, 6.07) is 15.9. The summed E-state index contributed by atoms with van der Waals surface area (Å²) in [5, 5.41) is 2.95. The van der Waals surface area contributed by atoms with Gasteiger partial charge >= 0.3 is 0 Å². The van der Waals surface area contributed by atoms with E-state index in [1.165, 1.54) is 0 Å². The zero-order valence-corrected chi connectivity index (χ0v) is 14.1. The second-order valence-electron chi connectivity index (χ2n) is 6.40. The first-order valence-corrected chi connectivity index (χ1v) is 8.23. The van der Waals surface area contributed by atoms with Gasteiger partial charge in [0.1, 0.15) is 0 Å². The molecule has 1 fully saturated rings. The van der Waals surface area contributed by atoms with E-state index in [1.807, 2.05) is 62.4 Å². The number of anilines is 1. The molecule has 0 bridgehead atoms. The lowest BCUT2D eigenvalue weighted by Crippen LogP contribution is -2.34. The summed E-state index contributed by atoms with van der Waals surface area (Å²) < 4.78 is 0. The lowest BCUT2D eigenvalue weighted by atomic mass is 9.99. The fourth-order valence-corrected chi connectivity index (χ4v) is 3.24. The van der Waals surface area contributed by atoms with Crippen molar-refractivity contribution in [3.63, 3.8) is 0 Å². The van der Waals surface area contributed by atoms with E-state index in [2.05, 4.69) is 5.32 Å². The molecule has 4 nitrogen and oxygen atoms in total. The standard InChI is InChI=1S/C20H22N2O2/c1-14-7-6-8-15(2)20(14)21-18(23)13-22-12-17(11-19(22)24)16-9-4-3-5-10-16/h3-10,17H,11-13H2,1-2H3,(H,21,23). The van der Waals surface area contributed by atoms with Crippen molar-refractivity contribution in [2.24, 2.45) is 0 Å². The van der Waals surface area contributed by atoms with Gasteiger partial charge in [-0.3, -0.25) is 9.59 Å². The van der Waals surface area contributed by atoms with E-state index in [9.17, 15) is 9.59 Å². The number of carbonyl (C=O) groups is 2. The molecule has 1 saturated heterocycles. The van der Waals surface area contributed by atoms with Gasteiger partial charge in [0, 0.05) is 24.6 Å². The summed E-state index contributed by atoms with van der Waals surface area (Å²) in [5.74, 6) is 0.0710. The average Bonchev–Trinajstić information content (AvgIpc) is 2.93. The fourth-order valence-electron chi connectivity index (χ4n) is 3.24. The molecule has 0 spiro atoms. The van der Waals surface area contributed by atoms with Gasteiger partial charge in [-0.1, -0.05) is 48.5 Å². The van der Waals surface area contributed by atoms with Crippen LogP contribution in [0.1, 0.15) is 29.0 Å². The van der Waals surface area contributed by atoms with Crippen LogP contribution in [0.3, 0.4) is 0 Å². The highest BCUT2D eigenvalue weighted by molar-refractivity contribution is 5.96. The molecule has 2 amide bonds. The number of aryl methyl sites for hydroxylation is 2.